The number of hydrogen-bond donors (Lipinski definition) is 1. The Morgan fingerprint density at radius 3 is 2.22 bits per heavy atom. The van der Waals surface area contributed by atoms with Crippen LogP contribution in [0.3, 0.4) is 0 Å². The Morgan fingerprint density at radius 2 is 1.70 bits per heavy atom. The van der Waals surface area contributed by atoms with Crippen molar-refractivity contribution < 1.29 is 9.59 Å². The molecule has 1 aliphatic heterocycles. The van der Waals surface area contributed by atoms with Crippen molar-refractivity contribution in [3.63, 3.8) is 0 Å². The summed E-state index contributed by atoms with van der Waals surface area (Å²) >= 11 is 0. The van der Waals surface area contributed by atoms with Gasteiger partial charge in [0.2, 0.25) is 5.91 Å². The van der Waals surface area contributed by atoms with Gasteiger partial charge in [0, 0.05) is 43.5 Å². The highest BCUT2D eigenvalue weighted by molar-refractivity contribution is 5.94. The Labute approximate surface area is 137 Å². The van der Waals surface area contributed by atoms with Gasteiger partial charge in [-0.1, -0.05) is 0 Å². The summed E-state index contributed by atoms with van der Waals surface area (Å²) in [7, 11) is 0. The number of Topliss-reactive ketones (excluding diaryl/α,β-unsaturated/α-hetero) is 1. The van der Waals surface area contributed by atoms with Gasteiger partial charge in [-0.05, 0) is 51.0 Å². The van der Waals surface area contributed by atoms with Gasteiger partial charge in [0.1, 0.15) is 0 Å². The van der Waals surface area contributed by atoms with Crippen LogP contribution in [-0.2, 0) is 4.79 Å². The van der Waals surface area contributed by atoms with Gasteiger partial charge in [0.25, 0.3) is 0 Å². The monoisotopic (exact) mass is 315 g/mol. The van der Waals surface area contributed by atoms with Crippen molar-refractivity contribution in [1.82, 2.24) is 10.2 Å². The number of amides is 1. The van der Waals surface area contributed by atoms with E-state index in [9.17, 15) is 9.59 Å². The van der Waals surface area contributed by atoms with Crippen molar-refractivity contribution >= 4 is 17.4 Å². The molecule has 23 heavy (non-hydrogen) atoms. The molecule has 1 aromatic carbocycles. The number of nitrogens with one attached hydrogen (secondary N) is 1. The molecule has 1 amide bonds. The third kappa shape index (κ3) is 3.91. The lowest BCUT2D eigenvalue weighted by molar-refractivity contribution is -0.126. The Bertz CT molecular complexity index is 572. The Morgan fingerprint density at radius 1 is 1.09 bits per heavy atom. The van der Waals surface area contributed by atoms with Gasteiger partial charge in [-0.2, -0.15) is 0 Å². The minimum atomic E-state index is -0.0576. The first-order valence-electron chi connectivity index (χ1n) is 8.45. The maximum atomic E-state index is 12.1. The number of carbonyl (C=O) groups excluding carboxylic acids is 2. The molecule has 1 saturated carbocycles. The van der Waals surface area contributed by atoms with Crippen molar-refractivity contribution in [2.75, 3.05) is 31.1 Å². The van der Waals surface area contributed by atoms with E-state index in [2.05, 4.69) is 15.1 Å². The third-order valence-corrected chi connectivity index (χ3v) is 4.80. The molecule has 1 heterocycles. The number of hydrogen-bond acceptors (Lipinski definition) is 4. The Hall–Kier alpha value is -1.88. The van der Waals surface area contributed by atoms with Crippen LogP contribution in [-0.4, -0.2) is 54.9 Å². The summed E-state index contributed by atoms with van der Waals surface area (Å²) in [6.07, 6.45) is 2.25. The quantitative estimate of drug-likeness (QED) is 0.840. The van der Waals surface area contributed by atoms with Crippen molar-refractivity contribution in [2.45, 2.75) is 38.8 Å². The average Bonchev–Trinajstić information content (AvgIpc) is 3.38. The molecule has 0 bridgehead atoms. The van der Waals surface area contributed by atoms with Gasteiger partial charge in [-0.15, -0.1) is 0 Å². The zero-order valence-corrected chi connectivity index (χ0v) is 13.9. The van der Waals surface area contributed by atoms with Crippen molar-refractivity contribution in [3.05, 3.63) is 29.8 Å². The minimum absolute atomic E-state index is 0.0576. The van der Waals surface area contributed by atoms with Crippen LogP contribution in [0.5, 0.6) is 0 Å². The van der Waals surface area contributed by atoms with E-state index in [1.165, 1.54) is 0 Å². The van der Waals surface area contributed by atoms with Gasteiger partial charge in [-0.3, -0.25) is 14.5 Å². The Balaban J connectivity index is 1.53. The summed E-state index contributed by atoms with van der Waals surface area (Å²) in [5, 5.41) is 3.08. The third-order valence-electron chi connectivity index (χ3n) is 4.80. The number of nitrogens with zero attached hydrogens (tertiary/aromatic N) is 2. The molecule has 2 fully saturated rings. The first kappa shape index (κ1) is 16.0. The fraction of sp³-hybridized carbons (Fsp3) is 0.556. The van der Waals surface area contributed by atoms with Crippen LogP contribution in [0, 0.1) is 0 Å². The largest absolute Gasteiger partial charge is 0.369 e. The fourth-order valence-corrected chi connectivity index (χ4v) is 2.99. The second kappa shape index (κ2) is 6.71. The van der Waals surface area contributed by atoms with E-state index in [0.717, 1.165) is 50.3 Å². The second-order valence-corrected chi connectivity index (χ2v) is 6.58. The van der Waals surface area contributed by atoms with Crippen LogP contribution in [0.1, 0.15) is 37.0 Å². The predicted molar refractivity (Wildman–Crippen MR) is 90.9 cm³/mol. The van der Waals surface area contributed by atoms with E-state index in [4.69, 9.17) is 0 Å². The van der Waals surface area contributed by atoms with E-state index in [-0.39, 0.29) is 17.7 Å². The minimum Gasteiger partial charge on any atom is -0.369 e. The second-order valence-electron chi connectivity index (χ2n) is 6.58. The summed E-state index contributed by atoms with van der Waals surface area (Å²) in [6.45, 7) is 7.15. The van der Waals surface area contributed by atoms with E-state index in [1.807, 2.05) is 31.2 Å². The summed E-state index contributed by atoms with van der Waals surface area (Å²) in [4.78, 5) is 28.0. The molecule has 1 aliphatic carbocycles. The molecule has 1 saturated heterocycles. The zero-order chi connectivity index (χ0) is 16.4. The predicted octanol–water partition coefficient (Wildman–Crippen LogP) is 1.68. The molecular weight excluding hydrogens is 290 g/mol. The summed E-state index contributed by atoms with van der Waals surface area (Å²) in [5.74, 6) is 0.253. The first-order chi connectivity index (χ1) is 11.0. The highest BCUT2D eigenvalue weighted by Crippen LogP contribution is 2.20. The zero-order valence-electron chi connectivity index (χ0n) is 13.9. The van der Waals surface area contributed by atoms with Crippen LogP contribution >= 0.6 is 0 Å². The molecular formula is C18H25N3O2. The molecule has 1 aromatic rings. The highest BCUT2D eigenvalue weighted by Gasteiger charge is 2.29. The molecule has 0 unspecified atom stereocenters. The lowest BCUT2D eigenvalue weighted by Crippen LogP contribution is -2.54. The van der Waals surface area contributed by atoms with Crippen LogP contribution in [0.4, 0.5) is 5.69 Å². The van der Waals surface area contributed by atoms with Gasteiger partial charge in [0.05, 0.1) is 6.04 Å². The molecule has 5 heteroatoms. The van der Waals surface area contributed by atoms with Crippen molar-refractivity contribution in [2.24, 2.45) is 0 Å². The van der Waals surface area contributed by atoms with Crippen LogP contribution in [0.2, 0.25) is 0 Å². The van der Waals surface area contributed by atoms with Crippen LogP contribution in [0.25, 0.3) is 0 Å². The molecule has 1 atom stereocenters. The first-order valence-corrected chi connectivity index (χ1v) is 8.45. The van der Waals surface area contributed by atoms with E-state index >= 15 is 0 Å². The number of ketones is 1. The SMILES string of the molecule is CC(=O)c1ccc(N2CCN([C@@H](C)C(=O)NC3CC3)CC2)cc1. The van der Waals surface area contributed by atoms with Crippen molar-refractivity contribution in [3.8, 4) is 0 Å². The molecule has 1 N–H and O–H groups in total. The lowest BCUT2D eigenvalue weighted by Gasteiger charge is -2.38. The van der Waals surface area contributed by atoms with E-state index in [0.29, 0.717) is 6.04 Å². The normalized spacial score (nSPS) is 20.2. The van der Waals surface area contributed by atoms with Gasteiger partial charge in [-0.25, -0.2) is 0 Å². The molecule has 0 aromatic heterocycles. The topological polar surface area (TPSA) is 52.7 Å². The smallest absolute Gasteiger partial charge is 0.237 e. The van der Waals surface area contributed by atoms with Gasteiger partial charge >= 0.3 is 0 Å². The summed E-state index contributed by atoms with van der Waals surface area (Å²) < 4.78 is 0. The fourth-order valence-electron chi connectivity index (χ4n) is 2.99. The van der Waals surface area contributed by atoms with Crippen LogP contribution in [0.15, 0.2) is 24.3 Å². The lowest BCUT2D eigenvalue weighted by atomic mass is 10.1. The summed E-state index contributed by atoms with van der Waals surface area (Å²) in [5.41, 5.74) is 1.89. The number of benzene rings is 1. The van der Waals surface area contributed by atoms with Gasteiger partial charge < -0.3 is 10.2 Å². The standard InChI is InChI=1S/C18H25N3O2/c1-13(18(23)19-16-5-6-16)20-9-11-21(12-10-20)17-7-3-15(4-8-17)14(2)22/h3-4,7-8,13,16H,5-6,9-12H2,1-2H3,(H,19,23)/t13-/m0/s1. The molecule has 0 spiro atoms. The maximum Gasteiger partial charge on any atom is 0.237 e. The maximum absolute atomic E-state index is 12.1. The van der Waals surface area contributed by atoms with E-state index in [1.54, 1.807) is 6.92 Å². The average molecular weight is 315 g/mol. The number of carbonyl (C=O) groups is 2. The molecule has 2 aliphatic rings. The van der Waals surface area contributed by atoms with Crippen LogP contribution < -0.4 is 10.2 Å². The van der Waals surface area contributed by atoms with Gasteiger partial charge in [0.15, 0.2) is 5.78 Å². The highest BCUT2D eigenvalue weighted by atomic mass is 16.2. The molecule has 124 valence electrons. The number of rotatable bonds is 5. The number of anilines is 1. The number of piperazine rings is 1. The Kier molecular flexibility index (Phi) is 4.66. The molecule has 5 nitrogen and oxygen atoms in total. The van der Waals surface area contributed by atoms with E-state index < -0.39 is 0 Å². The molecule has 0 radical (unpaired) electrons. The summed E-state index contributed by atoms with van der Waals surface area (Å²) in [6, 6.07) is 8.15. The molecule has 3 rings (SSSR count). The van der Waals surface area contributed by atoms with Crippen molar-refractivity contribution in [1.29, 1.82) is 0 Å².